The third-order valence-corrected chi connectivity index (χ3v) is 6.96. The van der Waals surface area contributed by atoms with Crippen LogP contribution in [0.4, 0.5) is 0 Å². The molecule has 1 heterocycles. The average Bonchev–Trinajstić information content (AvgIpc) is 2.77. The molecule has 108 valence electrons. The summed E-state index contributed by atoms with van der Waals surface area (Å²) in [4.78, 5) is 1.33. The first-order chi connectivity index (χ1) is 9.30. The molecule has 0 bridgehead atoms. The van der Waals surface area contributed by atoms with Gasteiger partial charge in [-0.15, -0.1) is 11.3 Å². The number of aryl methyl sites for hydroxylation is 1. The quantitative estimate of drug-likeness (QED) is 0.709. The van der Waals surface area contributed by atoms with Gasteiger partial charge in [-0.3, -0.25) is 0 Å². The lowest BCUT2D eigenvalue weighted by Gasteiger charge is -2.18. The molecule has 2 rings (SSSR count). The molecule has 2 aromatic rings. The highest BCUT2D eigenvalue weighted by Gasteiger charge is 2.23. The molecule has 0 saturated carbocycles. The zero-order chi connectivity index (χ0) is 14.9. The van der Waals surface area contributed by atoms with Crippen LogP contribution in [0.1, 0.15) is 10.4 Å². The Morgan fingerprint density at radius 2 is 1.90 bits per heavy atom. The second-order valence-corrected chi connectivity index (χ2v) is 9.24. The molecule has 1 aromatic heterocycles. The summed E-state index contributed by atoms with van der Waals surface area (Å²) in [5.74, 6) is 0. The van der Waals surface area contributed by atoms with E-state index >= 15 is 0 Å². The normalized spacial score (nSPS) is 12.1. The third-order valence-electron chi connectivity index (χ3n) is 2.84. The van der Waals surface area contributed by atoms with Gasteiger partial charge in [-0.1, -0.05) is 22.0 Å². The Morgan fingerprint density at radius 1 is 1.20 bits per heavy atom. The van der Waals surface area contributed by atoms with Gasteiger partial charge in [0, 0.05) is 32.8 Å². The second kappa shape index (κ2) is 6.27. The number of benzene rings is 1. The summed E-state index contributed by atoms with van der Waals surface area (Å²) in [5.41, 5.74) is 0.743. The summed E-state index contributed by atoms with van der Waals surface area (Å²) in [6.45, 7) is 2.17. The number of sulfonamides is 1. The van der Waals surface area contributed by atoms with Crippen LogP contribution in [0.15, 0.2) is 43.5 Å². The highest BCUT2D eigenvalue weighted by molar-refractivity contribution is 9.10. The Bertz CT molecular complexity index is 726. The van der Waals surface area contributed by atoms with E-state index in [1.165, 1.54) is 15.6 Å². The Balaban J connectivity index is 2.32. The van der Waals surface area contributed by atoms with Gasteiger partial charge in [0.25, 0.3) is 0 Å². The highest BCUT2D eigenvalue weighted by atomic mass is 79.9. The van der Waals surface area contributed by atoms with Crippen molar-refractivity contribution in [2.75, 3.05) is 7.05 Å². The van der Waals surface area contributed by atoms with Crippen molar-refractivity contribution < 1.29 is 8.42 Å². The summed E-state index contributed by atoms with van der Waals surface area (Å²) in [7, 11) is -1.89. The van der Waals surface area contributed by atoms with E-state index in [4.69, 9.17) is 0 Å². The van der Waals surface area contributed by atoms with Crippen molar-refractivity contribution in [3.05, 3.63) is 49.0 Å². The van der Waals surface area contributed by atoms with Crippen LogP contribution in [0.25, 0.3) is 0 Å². The van der Waals surface area contributed by atoms with Crippen LogP contribution in [0.3, 0.4) is 0 Å². The van der Waals surface area contributed by atoms with Crippen LogP contribution in [-0.2, 0) is 16.6 Å². The van der Waals surface area contributed by atoms with Crippen LogP contribution in [0.2, 0.25) is 0 Å². The van der Waals surface area contributed by atoms with Gasteiger partial charge in [-0.2, -0.15) is 4.31 Å². The van der Waals surface area contributed by atoms with Gasteiger partial charge in [0.2, 0.25) is 10.0 Å². The van der Waals surface area contributed by atoms with E-state index in [1.807, 2.05) is 17.5 Å². The van der Waals surface area contributed by atoms with Gasteiger partial charge in [-0.05, 0) is 46.6 Å². The van der Waals surface area contributed by atoms with Crippen LogP contribution in [0, 0.1) is 6.92 Å². The summed E-state index contributed by atoms with van der Waals surface area (Å²) in [5, 5.41) is 1.94. The molecule has 3 nitrogen and oxygen atoms in total. The number of rotatable bonds is 4. The number of hydrogen-bond donors (Lipinski definition) is 0. The first kappa shape index (κ1) is 16.2. The molecular weight excluding hydrogens is 426 g/mol. The maximum absolute atomic E-state index is 12.6. The lowest BCUT2D eigenvalue weighted by molar-refractivity contribution is 0.469. The molecule has 0 aliphatic rings. The molecule has 1 aromatic carbocycles. The molecule has 0 saturated heterocycles. The molecule has 0 spiro atoms. The maximum Gasteiger partial charge on any atom is 0.243 e. The average molecular weight is 439 g/mol. The highest BCUT2D eigenvalue weighted by Crippen LogP contribution is 2.26. The molecule has 0 radical (unpaired) electrons. The second-order valence-electron chi connectivity index (χ2n) is 4.40. The topological polar surface area (TPSA) is 37.4 Å². The largest absolute Gasteiger partial charge is 0.243 e. The fraction of sp³-hybridized carbons (Fsp3) is 0.231. The lowest BCUT2D eigenvalue weighted by Crippen LogP contribution is -2.26. The molecule has 0 aliphatic heterocycles. The van der Waals surface area contributed by atoms with Crippen LogP contribution >= 0.6 is 43.2 Å². The summed E-state index contributed by atoms with van der Waals surface area (Å²) in [6, 6.07) is 7.22. The maximum atomic E-state index is 12.6. The molecule has 0 N–H and O–H groups in total. The standard InChI is InChI=1S/C13H13Br2NO2S2/c1-9-3-4-10(14)6-13(9)20(17,18)16(2)7-12-5-11(15)8-19-12/h3-6,8H,7H2,1-2H3. The van der Waals surface area contributed by atoms with E-state index in [9.17, 15) is 8.42 Å². The number of nitrogens with zero attached hydrogens (tertiary/aromatic N) is 1. The van der Waals surface area contributed by atoms with Gasteiger partial charge in [0.15, 0.2) is 0 Å². The molecule has 0 unspecified atom stereocenters. The minimum atomic E-state index is -3.49. The van der Waals surface area contributed by atoms with Crippen molar-refractivity contribution in [3.63, 3.8) is 0 Å². The van der Waals surface area contributed by atoms with E-state index in [0.29, 0.717) is 11.4 Å². The van der Waals surface area contributed by atoms with Crippen molar-refractivity contribution in [2.45, 2.75) is 18.4 Å². The van der Waals surface area contributed by atoms with Gasteiger partial charge in [0.1, 0.15) is 0 Å². The van der Waals surface area contributed by atoms with E-state index in [-0.39, 0.29) is 0 Å². The minimum absolute atomic E-state index is 0.338. The van der Waals surface area contributed by atoms with Crippen LogP contribution < -0.4 is 0 Å². The Hall–Kier alpha value is -0.210. The van der Waals surface area contributed by atoms with Crippen molar-refractivity contribution >= 4 is 53.2 Å². The molecule has 0 atom stereocenters. The molecule has 7 heteroatoms. The van der Waals surface area contributed by atoms with Crippen molar-refractivity contribution in [1.82, 2.24) is 4.31 Å². The van der Waals surface area contributed by atoms with Gasteiger partial charge < -0.3 is 0 Å². The van der Waals surface area contributed by atoms with Gasteiger partial charge >= 0.3 is 0 Å². The fourth-order valence-electron chi connectivity index (χ4n) is 1.76. The van der Waals surface area contributed by atoms with E-state index in [1.54, 1.807) is 26.1 Å². The molecular formula is C13H13Br2NO2S2. The minimum Gasteiger partial charge on any atom is -0.207 e. The Kier molecular flexibility index (Phi) is 5.07. The molecule has 20 heavy (non-hydrogen) atoms. The number of halogens is 2. The third kappa shape index (κ3) is 3.51. The zero-order valence-electron chi connectivity index (χ0n) is 10.9. The molecule has 0 amide bonds. The van der Waals surface area contributed by atoms with E-state index in [0.717, 1.165) is 19.4 Å². The van der Waals surface area contributed by atoms with Gasteiger partial charge in [-0.25, -0.2) is 8.42 Å². The Labute approximate surface area is 139 Å². The summed E-state index contributed by atoms with van der Waals surface area (Å²) >= 11 is 8.23. The predicted molar refractivity (Wildman–Crippen MR) is 89.6 cm³/mol. The summed E-state index contributed by atoms with van der Waals surface area (Å²) < 4.78 is 28.3. The predicted octanol–water partition coefficient (Wildman–Crippen LogP) is 4.40. The first-order valence-corrected chi connectivity index (χ1v) is 9.66. The first-order valence-electron chi connectivity index (χ1n) is 5.76. The van der Waals surface area contributed by atoms with Crippen molar-refractivity contribution in [2.24, 2.45) is 0 Å². The number of thiophene rings is 1. The van der Waals surface area contributed by atoms with E-state index < -0.39 is 10.0 Å². The van der Waals surface area contributed by atoms with Crippen LogP contribution in [-0.4, -0.2) is 19.8 Å². The monoisotopic (exact) mass is 437 g/mol. The van der Waals surface area contributed by atoms with Crippen molar-refractivity contribution in [3.8, 4) is 0 Å². The smallest absolute Gasteiger partial charge is 0.207 e. The lowest BCUT2D eigenvalue weighted by atomic mass is 10.2. The van der Waals surface area contributed by atoms with Gasteiger partial charge in [0.05, 0.1) is 4.90 Å². The zero-order valence-corrected chi connectivity index (χ0v) is 15.7. The van der Waals surface area contributed by atoms with Crippen LogP contribution in [0.5, 0.6) is 0 Å². The SMILES string of the molecule is Cc1ccc(Br)cc1S(=O)(=O)N(C)Cc1cc(Br)cs1. The van der Waals surface area contributed by atoms with E-state index in [2.05, 4.69) is 31.9 Å². The fourth-order valence-corrected chi connectivity index (χ4v) is 5.25. The summed E-state index contributed by atoms with van der Waals surface area (Å²) in [6.07, 6.45) is 0. The van der Waals surface area contributed by atoms with Crippen molar-refractivity contribution in [1.29, 1.82) is 0 Å². The molecule has 0 fully saturated rings. The Morgan fingerprint density at radius 3 is 2.50 bits per heavy atom. The number of hydrogen-bond acceptors (Lipinski definition) is 3. The molecule has 0 aliphatic carbocycles.